The molecular weight excluding hydrogens is 124 g/mol. The number of ether oxygens (including phenoxy) is 1. The molecule has 0 N–H and O–H groups in total. The average Bonchev–Trinajstić information content (AvgIpc) is 1.90. The molecule has 0 aliphatic carbocycles. The molecule has 0 saturated heterocycles. The molecule has 0 aromatic heterocycles. The van der Waals surface area contributed by atoms with Gasteiger partial charge in [0.05, 0.1) is 12.1 Å². The van der Waals surface area contributed by atoms with Crippen LogP contribution in [0.5, 0.6) is 0 Å². The number of hydrogen-bond donors (Lipinski definition) is 0. The number of rotatable bonds is 1. The highest BCUT2D eigenvalue weighted by Crippen LogP contribution is 2.10. The minimum atomic E-state index is 0.265. The molecule has 8 heavy (non-hydrogen) atoms. The van der Waals surface area contributed by atoms with Crippen molar-refractivity contribution in [2.24, 2.45) is 0 Å². The second-order valence-electron chi connectivity index (χ2n) is 1.86. The maximum Gasteiger partial charge on any atom is 0.112 e. The SMILES string of the molecule is ClCC1CCC=CO1. The van der Waals surface area contributed by atoms with E-state index >= 15 is 0 Å². The van der Waals surface area contributed by atoms with Gasteiger partial charge in [-0.05, 0) is 18.9 Å². The predicted octanol–water partition coefficient (Wildman–Crippen LogP) is 1.92. The van der Waals surface area contributed by atoms with Crippen molar-refractivity contribution in [1.29, 1.82) is 0 Å². The molecule has 0 saturated carbocycles. The molecule has 1 rings (SSSR count). The topological polar surface area (TPSA) is 9.23 Å². The van der Waals surface area contributed by atoms with Gasteiger partial charge in [-0.2, -0.15) is 0 Å². The van der Waals surface area contributed by atoms with Gasteiger partial charge in [-0.25, -0.2) is 0 Å². The fourth-order valence-corrected chi connectivity index (χ4v) is 0.925. The zero-order valence-corrected chi connectivity index (χ0v) is 5.40. The molecule has 0 fully saturated rings. The van der Waals surface area contributed by atoms with Crippen molar-refractivity contribution < 1.29 is 4.74 Å². The molecule has 1 aliphatic heterocycles. The first-order valence-electron chi connectivity index (χ1n) is 2.80. The summed E-state index contributed by atoms with van der Waals surface area (Å²) in [6.07, 6.45) is 6.19. The minimum Gasteiger partial charge on any atom is -0.497 e. The van der Waals surface area contributed by atoms with Gasteiger partial charge in [-0.15, -0.1) is 11.6 Å². The molecule has 1 unspecified atom stereocenters. The first kappa shape index (κ1) is 5.96. The summed E-state index contributed by atoms with van der Waals surface area (Å²) in [5, 5.41) is 0. The van der Waals surface area contributed by atoms with Crippen LogP contribution in [-0.2, 0) is 4.74 Å². The zero-order valence-electron chi connectivity index (χ0n) is 4.64. The maximum absolute atomic E-state index is 5.52. The third-order valence-electron chi connectivity index (χ3n) is 1.19. The summed E-state index contributed by atoms with van der Waals surface area (Å²) in [6, 6.07) is 0. The van der Waals surface area contributed by atoms with E-state index in [9.17, 15) is 0 Å². The Morgan fingerprint density at radius 1 is 1.75 bits per heavy atom. The lowest BCUT2D eigenvalue weighted by atomic mass is 10.2. The highest BCUT2D eigenvalue weighted by molar-refractivity contribution is 6.18. The van der Waals surface area contributed by atoms with E-state index in [0.717, 1.165) is 12.8 Å². The van der Waals surface area contributed by atoms with Crippen LogP contribution in [0, 0.1) is 0 Å². The Balaban J connectivity index is 2.27. The van der Waals surface area contributed by atoms with E-state index in [2.05, 4.69) is 0 Å². The van der Waals surface area contributed by atoms with Crippen LogP contribution < -0.4 is 0 Å². The van der Waals surface area contributed by atoms with Crippen LogP contribution in [-0.4, -0.2) is 12.0 Å². The summed E-state index contributed by atoms with van der Waals surface area (Å²) < 4.78 is 5.11. The minimum absolute atomic E-state index is 0.265. The van der Waals surface area contributed by atoms with Gasteiger partial charge in [0.15, 0.2) is 0 Å². The second kappa shape index (κ2) is 2.98. The molecule has 0 radical (unpaired) electrons. The average molecular weight is 133 g/mol. The zero-order chi connectivity index (χ0) is 5.82. The van der Waals surface area contributed by atoms with Gasteiger partial charge in [0, 0.05) is 0 Å². The summed E-state index contributed by atoms with van der Waals surface area (Å²) in [5.74, 6) is 0.615. The van der Waals surface area contributed by atoms with Gasteiger partial charge in [0.2, 0.25) is 0 Å². The number of hydrogen-bond acceptors (Lipinski definition) is 1. The monoisotopic (exact) mass is 132 g/mol. The second-order valence-corrected chi connectivity index (χ2v) is 2.17. The lowest BCUT2D eigenvalue weighted by Crippen LogP contribution is -2.13. The molecule has 1 nitrogen and oxygen atoms in total. The van der Waals surface area contributed by atoms with E-state index in [1.54, 1.807) is 6.26 Å². The van der Waals surface area contributed by atoms with Gasteiger partial charge in [-0.3, -0.25) is 0 Å². The van der Waals surface area contributed by atoms with E-state index < -0.39 is 0 Å². The van der Waals surface area contributed by atoms with Gasteiger partial charge in [0.1, 0.15) is 6.10 Å². The molecule has 1 atom stereocenters. The van der Waals surface area contributed by atoms with Gasteiger partial charge >= 0.3 is 0 Å². The van der Waals surface area contributed by atoms with Gasteiger partial charge < -0.3 is 4.74 Å². The number of allylic oxidation sites excluding steroid dienone is 1. The van der Waals surface area contributed by atoms with Crippen LogP contribution in [0.25, 0.3) is 0 Å². The first-order valence-corrected chi connectivity index (χ1v) is 3.33. The van der Waals surface area contributed by atoms with E-state index in [4.69, 9.17) is 16.3 Å². The molecule has 46 valence electrons. The van der Waals surface area contributed by atoms with Crippen LogP contribution in [0.3, 0.4) is 0 Å². The Bertz CT molecular complexity index is 90.5. The van der Waals surface area contributed by atoms with Crippen LogP contribution in [0.15, 0.2) is 12.3 Å². The third-order valence-corrected chi connectivity index (χ3v) is 1.54. The Morgan fingerprint density at radius 2 is 2.62 bits per heavy atom. The third kappa shape index (κ3) is 1.41. The number of alkyl halides is 1. The molecule has 0 spiro atoms. The van der Waals surface area contributed by atoms with Gasteiger partial charge in [-0.1, -0.05) is 0 Å². The Kier molecular flexibility index (Phi) is 2.22. The van der Waals surface area contributed by atoms with Crippen LogP contribution >= 0.6 is 11.6 Å². The molecule has 0 amide bonds. The van der Waals surface area contributed by atoms with E-state index in [-0.39, 0.29) is 6.10 Å². The van der Waals surface area contributed by atoms with E-state index in [0.29, 0.717) is 5.88 Å². The molecule has 0 aromatic carbocycles. The molecule has 2 heteroatoms. The van der Waals surface area contributed by atoms with Crippen molar-refractivity contribution in [3.8, 4) is 0 Å². The van der Waals surface area contributed by atoms with E-state index in [1.165, 1.54) is 0 Å². The summed E-state index contributed by atoms with van der Waals surface area (Å²) in [4.78, 5) is 0. The first-order chi connectivity index (χ1) is 3.93. The van der Waals surface area contributed by atoms with Crippen LogP contribution in [0.4, 0.5) is 0 Å². The Labute approximate surface area is 54.3 Å². The van der Waals surface area contributed by atoms with Crippen molar-refractivity contribution in [3.05, 3.63) is 12.3 Å². The summed E-state index contributed by atoms with van der Waals surface area (Å²) in [6.45, 7) is 0. The van der Waals surface area contributed by atoms with Crippen LogP contribution in [0.1, 0.15) is 12.8 Å². The maximum atomic E-state index is 5.52. The van der Waals surface area contributed by atoms with Crippen molar-refractivity contribution >= 4 is 11.6 Å². The fourth-order valence-electron chi connectivity index (χ4n) is 0.698. The lowest BCUT2D eigenvalue weighted by Gasteiger charge is -2.15. The summed E-state index contributed by atoms with van der Waals surface area (Å²) >= 11 is 5.52. The Hall–Kier alpha value is -0.170. The predicted molar refractivity (Wildman–Crippen MR) is 34.0 cm³/mol. The molecule has 1 heterocycles. The van der Waals surface area contributed by atoms with Crippen molar-refractivity contribution in [2.75, 3.05) is 5.88 Å². The Morgan fingerprint density at radius 3 is 3.00 bits per heavy atom. The fraction of sp³-hybridized carbons (Fsp3) is 0.667. The highest BCUT2D eigenvalue weighted by atomic mass is 35.5. The molecular formula is C6H9ClO. The smallest absolute Gasteiger partial charge is 0.112 e. The molecule has 0 bridgehead atoms. The largest absolute Gasteiger partial charge is 0.497 e. The quantitative estimate of drug-likeness (QED) is 0.496. The van der Waals surface area contributed by atoms with Crippen molar-refractivity contribution in [1.82, 2.24) is 0 Å². The highest BCUT2D eigenvalue weighted by Gasteiger charge is 2.07. The van der Waals surface area contributed by atoms with Crippen molar-refractivity contribution in [3.63, 3.8) is 0 Å². The molecule has 1 aliphatic rings. The molecule has 0 aromatic rings. The van der Waals surface area contributed by atoms with E-state index in [1.807, 2.05) is 6.08 Å². The summed E-state index contributed by atoms with van der Waals surface area (Å²) in [5.41, 5.74) is 0. The summed E-state index contributed by atoms with van der Waals surface area (Å²) in [7, 11) is 0. The number of halogens is 1. The van der Waals surface area contributed by atoms with Gasteiger partial charge in [0.25, 0.3) is 0 Å². The lowest BCUT2D eigenvalue weighted by molar-refractivity contribution is 0.144. The normalized spacial score (nSPS) is 27.4. The van der Waals surface area contributed by atoms with Crippen molar-refractivity contribution in [2.45, 2.75) is 18.9 Å². The standard InChI is InChI=1S/C6H9ClO/c7-5-6-3-1-2-4-8-6/h2,4,6H,1,3,5H2. The van der Waals surface area contributed by atoms with Crippen LogP contribution in [0.2, 0.25) is 0 Å².